The number of carbonyl (C=O) groups excluding carboxylic acids is 1. The van der Waals surface area contributed by atoms with Crippen LogP contribution in [0, 0.1) is 18.8 Å². The van der Waals surface area contributed by atoms with E-state index in [-0.39, 0.29) is 0 Å². The van der Waals surface area contributed by atoms with Gasteiger partial charge in [-0.25, -0.2) is 4.79 Å². The molecule has 1 rings (SSSR count). The highest BCUT2D eigenvalue weighted by molar-refractivity contribution is 5.89. The number of carbonyl (C=O) groups is 1. The van der Waals surface area contributed by atoms with Gasteiger partial charge in [-0.2, -0.15) is 0 Å². The summed E-state index contributed by atoms with van der Waals surface area (Å²) in [4.78, 5) is 11.2. The van der Waals surface area contributed by atoms with Crippen molar-refractivity contribution in [3.8, 4) is 11.8 Å². The number of unbranched alkanes of at least 4 members (excludes halogenated alkanes) is 1. The van der Waals surface area contributed by atoms with Gasteiger partial charge in [0.25, 0.3) is 0 Å². The smallest absolute Gasteiger partial charge is 0.384 e. The van der Waals surface area contributed by atoms with Gasteiger partial charge in [0, 0.05) is 11.5 Å². The summed E-state index contributed by atoms with van der Waals surface area (Å²) in [5, 5.41) is 0. The Morgan fingerprint density at radius 1 is 1.44 bits per heavy atom. The summed E-state index contributed by atoms with van der Waals surface area (Å²) in [5.41, 5.74) is 1.97. The third-order valence-electron chi connectivity index (χ3n) is 2.06. The van der Waals surface area contributed by atoms with E-state index in [1.54, 1.807) is 0 Å². The molecule has 0 aromatic heterocycles. The first-order chi connectivity index (χ1) is 7.72. The fourth-order valence-corrected chi connectivity index (χ4v) is 1.19. The number of esters is 1. The first kappa shape index (κ1) is 12.3. The number of rotatable bonds is 3. The lowest BCUT2D eigenvalue weighted by atomic mass is 10.1. The maximum atomic E-state index is 11.2. The van der Waals surface area contributed by atoms with Gasteiger partial charge in [-0.05, 0) is 31.0 Å². The Labute approximate surface area is 96.6 Å². The quantitative estimate of drug-likeness (QED) is 0.441. The van der Waals surface area contributed by atoms with E-state index in [0.29, 0.717) is 6.61 Å². The molecule has 2 nitrogen and oxygen atoms in total. The zero-order valence-electron chi connectivity index (χ0n) is 9.75. The molecule has 0 aliphatic heterocycles. The number of hydrogen-bond donors (Lipinski definition) is 0. The van der Waals surface area contributed by atoms with Crippen LogP contribution >= 0.6 is 0 Å². The van der Waals surface area contributed by atoms with Crippen LogP contribution in [-0.2, 0) is 9.53 Å². The van der Waals surface area contributed by atoms with Crippen LogP contribution in [-0.4, -0.2) is 12.6 Å². The maximum absolute atomic E-state index is 11.2. The third kappa shape index (κ3) is 4.65. The molecule has 0 saturated heterocycles. The van der Waals surface area contributed by atoms with Gasteiger partial charge in [0.1, 0.15) is 0 Å². The fraction of sp³-hybridized carbons (Fsp3) is 0.357. The van der Waals surface area contributed by atoms with Gasteiger partial charge in [-0.1, -0.05) is 31.4 Å². The molecule has 16 heavy (non-hydrogen) atoms. The topological polar surface area (TPSA) is 26.3 Å². The largest absolute Gasteiger partial charge is 0.456 e. The molecule has 0 fully saturated rings. The number of hydrogen-bond acceptors (Lipinski definition) is 2. The Kier molecular flexibility index (Phi) is 5.15. The van der Waals surface area contributed by atoms with Crippen LogP contribution in [0.2, 0.25) is 0 Å². The number of aryl methyl sites for hydroxylation is 1. The minimum atomic E-state index is -0.449. The molecule has 0 atom stereocenters. The summed E-state index contributed by atoms with van der Waals surface area (Å²) in [6.45, 7) is 4.49. The van der Waals surface area contributed by atoms with E-state index in [1.165, 1.54) is 0 Å². The standard InChI is InChI=1S/C14H16O2/c1-3-4-10-16-14(15)9-8-13-7-5-6-12(2)11-13/h5-7,11H,3-4,10H2,1-2H3. The van der Waals surface area contributed by atoms with E-state index in [4.69, 9.17) is 4.74 Å². The van der Waals surface area contributed by atoms with Crippen molar-refractivity contribution in [1.29, 1.82) is 0 Å². The predicted octanol–water partition coefficient (Wildman–Crippen LogP) is 2.69. The van der Waals surface area contributed by atoms with Crippen LogP contribution < -0.4 is 0 Å². The summed E-state index contributed by atoms with van der Waals surface area (Å²) < 4.78 is 4.92. The lowest BCUT2D eigenvalue weighted by Crippen LogP contribution is -2.02. The van der Waals surface area contributed by atoms with Gasteiger partial charge in [-0.15, -0.1) is 0 Å². The Balaban J connectivity index is 2.50. The fourth-order valence-electron chi connectivity index (χ4n) is 1.19. The van der Waals surface area contributed by atoms with Crippen LogP contribution in [0.5, 0.6) is 0 Å². The van der Waals surface area contributed by atoms with Crippen LogP contribution in [0.25, 0.3) is 0 Å². The van der Waals surface area contributed by atoms with Crippen LogP contribution in [0.4, 0.5) is 0 Å². The SMILES string of the molecule is CCCCOC(=O)C#Cc1cccc(C)c1. The molecule has 0 bridgehead atoms. The van der Waals surface area contributed by atoms with Gasteiger partial charge in [0.2, 0.25) is 0 Å². The van der Waals surface area contributed by atoms with E-state index < -0.39 is 5.97 Å². The monoisotopic (exact) mass is 216 g/mol. The van der Waals surface area contributed by atoms with E-state index in [1.807, 2.05) is 38.1 Å². The second-order valence-electron chi connectivity index (χ2n) is 3.61. The minimum absolute atomic E-state index is 0.449. The Morgan fingerprint density at radius 3 is 2.94 bits per heavy atom. The molecule has 0 spiro atoms. The molecule has 0 radical (unpaired) electrons. The van der Waals surface area contributed by atoms with Gasteiger partial charge in [-0.3, -0.25) is 0 Å². The lowest BCUT2D eigenvalue weighted by molar-refractivity contribution is -0.136. The summed E-state index contributed by atoms with van der Waals surface area (Å²) in [7, 11) is 0. The molecule has 1 aromatic rings. The molecule has 0 N–H and O–H groups in total. The van der Waals surface area contributed by atoms with Crippen molar-refractivity contribution in [3.05, 3.63) is 35.4 Å². The molecular weight excluding hydrogens is 200 g/mol. The van der Waals surface area contributed by atoms with Crippen molar-refractivity contribution in [2.45, 2.75) is 26.7 Å². The number of benzene rings is 1. The van der Waals surface area contributed by atoms with Crippen molar-refractivity contribution in [2.75, 3.05) is 6.61 Å². The van der Waals surface area contributed by atoms with Crippen molar-refractivity contribution in [3.63, 3.8) is 0 Å². The van der Waals surface area contributed by atoms with E-state index in [9.17, 15) is 4.79 Å². The average Bonchev–Trinajstić information content (AvgIpc) is 2.27. The van der Waals surface area contributed by atoms with Crippen molar-refractivity contribution in [1.82, 2.24) is 0 Å². The molecule has 0 aliphatic rings. The van der Waals surface area contributed by atoms with E-state index in [0.717, 1.165) is 24.0 Å². The van der Waals surface area contributed by atoms with Crippen LogP contribution in [0.1, 0.15) is 30.9 Å². The third-order valence-corrected chi connectivity index (χ3v) is 2.06. The zero-order chi connectivity index (χ0) is 11.8. The second kappa shape index (κ2) is 6.68. The normalized spacial score (nSPS) is 9.12. The Bertz CT molecular complexity index is 410. The van der Waals surface area contributed by atoms with Crippen molar-refractivity contribution in [2.24, 2.45) is 0 Å². The molecule has 0 aliphatic carbocycles. The van der Waals surface area contributed by atoms with Gasteiger partial charge >= 0.3 is 5.97 Å². The molecule has 0 saturated carbocycles. The van der Waals surface area contributed by atoms with Gasteiger partial charge in [0.15, 0.2) is 0 Å². The summed E-state index contributed by atoms with van der Waals surface area (Å²) in [5.74, 6) is 4.81. The molecule has 2 heteroatoms. The van der Waals surface area contributed by atoms with Crippen molar-refractivity contribution < 1.29 is 9.53 Å². The maximum Gasteiger partial charge on any atom is 0.384 e. The Morgan fingerprint density at radius 2 is 2.25 bits per heavy atom. The molecule has 1 aromatic carbocycles. The highest BCUT2D eigenvalue weighted by Crippen LogP contribution is 2.01. The predicted molar refractivity (Wildman–Crippen MR) is 63.9 cm³/mol. The van der Waals surface area contributed by atoms with Crippen molar-refractivity contribution >= 4 is 5.97 Å². The number of ether oxygens (including phenoxy) is 1. The van der Waals surface area contributed by atoms with E-state index in [2.05, 4.69) is 11.8 Å². The molecule has 0 amide bonds. The first-order valence-electron chi connectivity index (χ1n) is 5.48. The summed E-state index contributed by atoms with van der Waals surface area (Å²) >= 11 is 0. The average molecular weight is 216 g/mol. The van der Waals surface area contributed by atoms with Gasteiger partial charge in [0.05, 0.1) is 6.61 Å². The van der Waals surface area contributed by atoms with Crippen LogP contribution in [0.3, 0.4) is 0 Å². The zero-order valence-corrected chi connectivity index (χ0v) is 9.75. The molecule has 0 heterocycles. The Hall–Kier alpha value is -1.75. The van der Waals surface area contributed by atoms with E-state index >= 15 is 0 Å². The second-order valence-corrected chi connectivity index (χ2v) is 3.61. The summed E-state index contributed by atoms with van der Waals surface area (Å²) in [6, 6.07) is 7.72. The van der Waals surface area contributed by atoms with Crippen LogP contribution in [0.15, 0.2) is 24.3 Å². The molecule has 0 unspecified atom stereocenters. The molecule has 84 valence electrons. The minimum Gasteiger partial charge on any atom is -0.456 e. The highest BCUT2D eigenvalue weighted by atomic mass is 16.5. The lowest BCUT2D eigenvalue weighted by Gasteiger charge is -1.97. The molecular formula is C14H16O2. The highest BCUT2D eigenvalue weighted by Gasteiger charge is 1.95. The summed E-state index contributed by atoms with van der Waals surface area (Å²) in [6.07, 6.45) is 1.90. The van der Waals surface area contributed by atoms with Gasteiger partial charge < -0.3 is 4.74 Å². The first-order valence-corrected chi connectivity index (χ1v) is 5.48.